The van der Waals surface area contributed by atoms with Crippen molar-refractivity contribution in [2.45, 2.75) is 31.4 Å². The van der Waals surface area contributed by atoms with Crippen LogP contribution in [0.3, 0.4) is 0 Å². The molecular weight excluding hydrogens is 237 g/mol. The average Bonchev–Trinajstić information content (AvgIpc) is 2.78. The van der Waals surface area contributed by atoms with Gasteiger partial charge >= 0.3 is 5.97 Å². The third-order valence-corrected chi connectivity index (χ3v) is 3.31. The number of ether oxygens (including phenoxy) is 1. The lowest BCUT2D eigenvalue weighted by atomic mass is 10.1. The Morgan fingerprint density at radius 2 is 2.28 bits per heavy atom. The number of rotatable bonds is 4. The fourth-order valence-electron chi connectivity index (χ4n) is 2.39. The molecule has 0 amide bonds. The Hall–Kier alpha value is -1.62. The number of benzene rings is 1. The summed E-state index contributed by atoms with van der Waals surface area (Å²) in [7, 11) is 1.65. The van der Waals surface area contributed by atoms with Crippen molar-refractivity contribution in [1.29, 1.82) is 0 Å². The molecule has 2 unspecified atom stereocenters. The molecule has 0 bridgehead atoms. The van der Waals surface area contributed by atoms with E-state index in [2.05, 4.69) is 5.32 Å². The number of aromatic carboxylic acids is 1. The van der Waals surface area contributed by atoms with Gasteiger partial charge in [0.05, 0.1) is 17.7 Å². The van der Waals surface area contributed by atoms with Gasteiger partial charge in [0.2, 0.25) is 0 Å². The van der Waals surface area contributed by atoms with Crippen LogP contribution in [0, 0.1) is 5.82 Å². The summed E-state index contributed by atoms with van der Waals surface area (Å²) in [6.45, 7) is 0. The van der Waals surface area contributed by atoms with E-state index < -0.39 is 11.8 Å². The Morgan fingerprint density at radius 1 is 1.50 bits per heavy atom. The number of nitrogens with one attached hydrogen (secondary N) is 1. The standard InChI is InChI=1S/C13H16FNO3/c1-18-12-4-2-3-11(12)15-10-6-5-8(14)7-9(10)13(16)17/h5-7,11-12,15H,2-4H2,1H3,(H,16,17). The van der Waals surface area contributed by atoms with Crippen LogP contribution in [-0.2, 0) is 4.74 Å². The zero-order valence-corrected chi connectivity index (χ0v) is 10.1. The van der Waals surface area contributed by atoms with E-state index in [-0.39, 0.29) is 17.7 Å². The Kier molecular flexibility index (Phi) is 3.81. The quantitative estimate of drug-likeness (QED) is 0.865. The van der Waals surface area contributed by atoms with Crippen molar-refractivity contribution in [3.63, 3.8) is 0 Å². The lowest BCUT2D eigenvalue weighted by Crippen LogP contribution is -2.30. The Bertz CT molecular complexity index is 450. The van der Waals surface area contributed by atoms with E-state index in [1.54, 1.807) is 7.11 Å². The van der Waals surface area contributed by atoms with Gasteiger partial charge in [-0.2, -0.15) is 0 Å². The number of hydrogen-bond acceptors (Lipinski definition) is 3. The van der Waals surface area contributed by atoms with Crippen LogP contribution < -0.4 is 5.32 Å². The van der Waals surface area contributed by atoms with Crippen molar-refractivity contribution in [1.82, 2.24) is 0 Å². The summed E-state index contributed by atoms with van der Waals surface area (Å²) in [5.41, 5.74) is 0.398. The zero-order valence-electron chi connectivity index (χ0n) is 10.1. The number of methoxy groups -OCH3 is 1. The minimum absolute atomic E-state index is 0.0447. The van der Waals surface area contributed by atoms with Gasteiger partial charge in [-0.05, 0) is 37.5 Å². The topological polar surface area (TPSA) is 58.6 Å². The van der Waals surface area contributed by atoms with E-state index in [1.165, 1.54) is 12.1 Å². The maximum Gasteiger partial charge on any atom is 0.337 e. The van der Waals surface area contributed by atoms with E-state index >= 15 is 0 Å². The average molecular weight is 253 g/mol. The molecule has 1 aliphatic carbocycles. The summed E-state index contributed by atoms with van der Waals surface area (Å²) in [5, 5.41) is 12.2. The first-order valence-electron chi connectivity index (χ1n) is 5.94. The van der Waals surface area contributed by atoms with Gasteiger partial charge < -0.3 is 15.2 Å². The largest absolute Gasteiger partial charge is 0.478 e. The molecule has 18 heavy (non-hydrogen) atoms. The highest BCUT2D eigenvalue weighted by molar-refractivity contribution is 5.94. The minimum Gasteiger partial charge on any atom is -0.478 e. The predicted molar refractivity (Wildman–Crippen MR) is 65.4 cm³/mol. The van der Waals surface area contributed by atoms with Gasteiger partial charge in [0, 0.05) is 12.8 Å². The maximum atomic E-state index is 13.0. The zero-order chi connectivity index (χ0) is 13.1. The van der Waals surface area contributed by atoms with E-state index in [4.69, 9.17) is 9.84 Å². The normalized spacial score (nSPS) is 23.0. The van der Waals surface area contributed by atoms with Crippen LogP contribution in [0.25, 0.3) is 0 Å². The third kappa shape index (κ3) is 2.61. The van der Waals surface area contributed by atoms with Crippen molar-refractivity contribution in [2.75, 3.05) is 12.4 Å². The van der Waals surface area contributed by atoms with E-state index in [0.717, 1.165) is 25.3 Å². The maximum absolute atomic E-state index is 13.0. The van der Waals surface area contributed by atoms with Gasteiger partial charge in [-0.25, -0.2) is 9.18 Å². The molecule has 2 rings (SSSR count). The van der Waals surface area contributed by atoms with Crippen LogP contribution in [0.1, 0.15) is 29.6 Å². The summed E-state index contributed by atoms with van der Waals surface area (Å²) < 4.78 is 18.4. The molecule has 98 valence electrons. The van der Waals surface area contributed by atoms with Crippen molar-refractivity contribution in [3.05, 3.63) is 29.6 Å². The monoisotopic (exact) mass is 253 g/mol. The number of hydrogen-bond donors (Lipinski definition) is 2. The second kappa shape index (κ2) is 5.35. The molecule has 0 spiro atoms. The molecule has 5 heteroatoms. The van der Waals surface area contributed by atoms with Crippen LogP contribution in [0.2, 0.25) is 0 Å². The van der Waals surface area contributed by atoms with Crippen molar-refractivity contribution in [3.8, 4) is 0 Å². The Labute approximate surface area is 105 Å². The number of carboxylic acids is 1. The van der Waals surface area contributed by atoms with Gasteiger partial charge in [-0.3, -0.25) is 0 Å². The van der Waals surface area contributed by atoms with Crippen LogP contribution in [0.15, 0.2) is 18.2 Å². The molecule has 0 aromatic heterocycles. The Balaban J connectivity index is 2.20. The van der Waals surface area contributed by atoms with Crippen LogP contribution in [0.4, 0.5) is 10.1 Å². The first-order valence-corrected chi connectivity index (χ1v) is 5.94. The SMILES string of the molecule is COC1CCCC1Nc1ccc(F)cc1C(=O)O. The van der Waals surface area contributed by atoms with Crippen molar-refractivity contribution in [2.24, 2.45) is 0 Å². The lowest BCUT2D eigenvalue weighted by Gasteiger charge is -2.21. The minimum atomic E-state index is -1.14. The molecule has 4 nitrogen and oxygen atoms in total. The summed E-state index contributed by atoms with van der Waals surface area (Å²) in [4.78, 5) is 11.1. The summed E-state index contributed by atoms with van der Waals surface area (Å²) in [6.07, 6.45) is 3.00. The highest BCUT2D eigenvalue weighted by Crippen LogP contribution is 2.27. The highest BCUT2D eigenvalue weighted by atomic mass is 19.1. The smallest absolute Gasteiger partial charge is 0.337 e. The molecule has 2 atom stereocenters. The van der Waals surface area contributed by atoms with Gasteiger partial charge in [0.1, 0.15) is 5.82 Å². The summed E-state index contributed by atoms with van der Waals surface area (Å²) in [6, 6.07) is 3.83. The summed E-state index contributed by atoms with van der Waals surface area (Å²) >= 11 is 0. The molecule has 0 heterocycles. The molecular formula is C13H16FNO3. The third-order valence-electron chi connectivity index (χ3n) is 3.31. The van der Waals surface area contributed by atoms with E-state index in [9.17, 15) is 9.18 Å². The fourth-order valence-corrected chi connectivity index (χ4v) is 2.39. The molecule has 1 saturated carbocycles. The van der Waals surface area contributed by atoms with Crippen LogP contribution in [0.5, 0.6) is 0 Å². The molecule has 1 aromatic carbocycles. The van der Waals surface area contributed by atoms with Crippen LogP contribution >= 0.6 is 0 Å². The number of anilines is 1. The molecule has 0 aliphatic heterocycles. The van der Waals surface area contributed by atoms with Crippen LogP contribution in [-0.4, -0.2) is 30.3 Å². The number of halogens is 1. The number of carboxylic acid groups (broad SMARTS) is 1. The fraction of sp³-hybridized carbons (Fsp3) is 0.462. The Morgan fingerprint density at radius 3 is 2.94 bits per heavy atom. The van der Waals surface area contributed by atoms with Crippen molar-refractivity contribution >= 4 is 11.7 Å². The molecule has 0 saturated heterocycles. The second-order valence-corrected chi connectivity index (χ2v) is 4.45. The second-order valence-electron chi connectivity index (χ2n) is 4.45. The first kappa shape index (κ1) is 12.8. The molecule has 2 N–H and O–H groups in total. The highest BCUT2D eigenvalue weighted by Gasteiger charge is 2.28. The van der Waals surface area contributed by atoms with Crippen molar-refractivity contribution < 1.29 is 19.0 Å². The molecule has 1 aliphatic rings. The number of carbonyl (C=O) groups is 1. The lowest BCUT2D eigenvalue weighted by molar-refractivity contribution is 0.0696. The molecule has 0 radical (unpaired) electrons. The molecule has 1 aromatic rings. The van der Waals surface area contributed by atoms with Gasteiger partial charge in [0.25, 0.3) is 0 Å². The van der Waals surface area contributed by atoms with E-state index in [0.29, 0.717) is 5.69 Å². The van der Waals surface area contributed by atoms with Gasteiger partial charge in [-0.15, -0.1) is 0 Å². The summed E-state index contributed by atoms with van der Waals surface area (Å²) in [5.74, 6) is -1.68. The van der Waals surface area contributed by atoms with E-state index in [1.807, 2.05) is 0 Å². The van der Waals surface area contributed by atoms with Gasteiger partial charge in [-0.1, -0.05) is 0 Å². The predicted octanol–water partition coefficient (Wildman–Crippen LogP) is 2.50. The first-order chi connectivity index (χ1) is 8.61. The van der Waals surface area contributed by atoms with Gasteiger partial charge in [0.15, 0.2) is 0 Å². The molecule has 1 fully saturated rings.